The van der Waals surface area contributed by atoms with Gasteiger partial charge in [-0.15, -0.1) is 0 Å². The molecule has 2 fully saturated rings. The Morgan fingerprint density at radius 1 is 0.960 bits per heavy atom. The van der Waals surface area contributed by atoms with E-state index in [1.807, 2.05) is 0 Å². The van der Waals surface area contributed by atoms with Crippen LogP contribution in [0.1, 0.15) is 24.4 Å². The standard InChI is InChI=1S/C21H27N3O/c25-14-4-12-24-13-11-20-19(15-24)21(23-22-20)18-9-7-17(8-10-18)16-5-2-1-3-6-16/h1-3,5-10,19-23,25H,4,11-15H2. The van der Waals surface area contributed by atoms with E-state index in [2.05, 4.69) is 70.3 Å². The Balaban J connectivity index is 1.48. The molecule has 3 atom stereocenters. The number of aliphatic hydroxyl groups excluding tert-OH is 1. The van der Waals surface area contributed by atoms with E-state index in [4.69, 9.17) is 5.11 Å². The maximum Gasteiger partial charge on any atom is 0.0518 e. The molecular formula is C21H27N3O. The summed E-state index contributed by atoms with van der Waals surface area (Å²) in [5.41, 5.74) is 10.9. The zero-order chi connectivity index (χ0) is 17.1. The number of rotatable bonds is 5. The summed E-state index contributed by atoms with van der Waals surface area (Å²) in [6.45, 7) is 3.50. The summed E-state index contributed by atoms with van der Waals surface area (Å²) in [6, 6.07) is 20.4. The fourth-order valence-electron chi connectivity index (χ4n) is 4.21. The van der Waals surface area contributed by atoms with Gasteiger partial charge in [0.25, 0.3) is 0 Å². The van der Waals surface area contributed by atoms with E-state index in [1.54, 1.807) is 0 Å². The monoisotopic (exact) mass is 337 g/mol. The quantitative estimate of drug-likeness (QED) is 0.785. The van der Waals surface area contributed by atoms with Crippen LogP contribution in [-0.4, -0.2) is 42.3 Å². The van der Waals surface area contributed by atoms with E-state index in [9.17, 15) is 0 Å². The van der Waals surface area contributed by atoms with E-state index < -0.39 is 0 Å². The molecule has 2 aliphatic rings. The van der Waals surface area contributed by atoms with Crippen LogP contribution in [0.5, 0.6) is 0 Å². The summed E-state index contributed by atoms with van der Waals surface area (Å²) in [6.07, 6.45) is 2.04. The van der Waals surface area contributed by atoms with E-state index in [0.29, 0.717) is 18.0 Å². The SMILES string of the molecule is OCCCN1CCC2NNC(c3ccc(-c4ccccc4)cc3)C2C1. The average Bonchev–Trinajstić information content (AvgIpc) is 3.10. The molecule has 2 aliphatic heterocycles. The predicted octanol–water partition coefficient (Wildman–Crippen LogP) is 2.58. The number of fused-ring (bicyclic) bond motifs is 1. The van der Waals surface area contributed by atoms with Gasteiger partial charge in [0.1, 0.15) is 0 Å². The molecule has 0 amide bonds. The molecule has 0 saturated carbocycles. The highest BCUT2D eigenvalue weighted by Crippen LogP contribution is 2.34. The molecule has 4 heteroatoms. The van der Waals surface area contributed by atoms with Crippen LogP contribution in [0.25, 0.3) is 11.1 Å². The van der Waals surface area contributed by atoms with Gasteiger partial charge in [-0.2, -0.15) is 0 Å². The van der Waals surface area contributed by atoms with Crippen molar-refractivity contribution in [3.8, 4) is 11.1 Å². The normalized spacial score (nSPS) is 26.5. The molecule has 2 aromatic carbocycles. The first-order chi connectivity index (χ1) is 12.3. The minimum Gasteiger partial charge on any atom is -0.396 e. The van der Waals surface area contributed by atoms with Crippen molar-refractivity contribution >= 4 is 0 Å². The number of nitrogens with one attached hydrogen (secondary N) is 2. The molecule has 0 spiro atoms. The zero-order valence-corrected chi connectivity index (χ0v) is 14.6. The lowest BCUT2D eigenvalue weighted by Crippen LogP contribution is -2.45. The fraction of sp³-hybridized carbons (Fsp3) is 0.429. The molecule has 2 saturated heterocycles. The predicted molar refractivity (Wildman–Crippen MR) is 101 cm³/mol. The molecule has 132 valence electrons. The molecule has 0 aliphatic carbocycles. The van der Waals surface area contributed by atoms with Crippen LogP contribution >= 0.6 is 0 Å². The lowest BCUT2D eigenvalue weighted by Gasteiger charge is -2.36. The molecule has 0 radical (unpaired) electrons. The highest BCUT2D eigenvalue weighted by molar-refractivity contribution is 5.63. The average molecular weight is 337 g/mol. The Morgan fingerprint density at radius 2 is 1.72 bits per heavy atom. The van der Waals surface area contributed by atoms with Gasteiger partial charge in [-0.25, -0.2) is 5.43 Å². The van der Waals surface area contributed by atoms with E-state index in [-0.39, 0.29) is 6.61 Å². The Kier molecular flexibility index (Phi) is 5.13. The number of hydrazine groups is 1. The van der Waals surface area contributed by atoms with Crippen LogP contribution in [0.3, 0.4) is 0 Å². The summed E-state index contributed by atoms with van der Waals surface area (Å²) in [5, 5.41) is 9.08. The molecule has 4 rings (SSSR count). The largest absolute Gasteiger partial charge is 0.396 e. The van der Waals surface area contributed by atoms with Crippen LogP contribution in [0, 0.1) is 5.92 Å². The second kappa shape index (κ2) is 7.67. The number of likely N-dealkylation sites (tertiary alicyclic amines) is 1. The minimum absolute atomic E-state index is 0.283. The summed E-state index contributed by atoms with van der Waals surface area (Å²) < 4.78 is 0. The number of nitrogens with zero attached hydrogens (tertiary/aromatic N) is 1. The highest BCUT2D eigenvalue weighted by atomic mass is 16.3. The van der Waals surface area contributed by atoms with Crippen molar-refractivity contribution in [2.24, 2.45) is 5.92 Å². The van der Waals surface area contributed by atoms with Crippen molar-refractivity contribution in [2.75, 3.05) is 26.2 Å². The maximum absolute atomic E-state index is 9.08. The van der Waals surface area contributed by atoms with Crippen LogP contribution < -0.4 is 10.9 Å². The smallest absolute Gasteiger partial charge is 0.0518 e. The van der Waals surface area contributed by atoms with Crippen molar-refractivity contribution in [1.29, 1.82) is 0 Å². The first kappa shape index (κ1) is 16.7. The van der Waals surface area contributed by atoms with Crippen LogP contribution in [0.15, 0.2) is 54.6 Å². The number of hydrogen-bond donors (Lipinski definition) is 3. The molecule has 2 aromatic rings. The summed E-state index contributed by atoms with van der Waals surface area (Å²) in [7, 11) is 0. The molecule has 3 N–H and O–H groups in total. The third-order valence-corrected chi connectivity index (χ3v) is 5.60. The summed E-state index contributed by atoms with van der Waals surface area (Å²) >= 11 is 0. The molecule has 25 heavy (non-hydrogen) atoms. The number of hydrogen-bond acceptors (Lipinski definition) is 4. The lowest BCUT2D eigenvalue weighted by atomic mass is 9.84. The third-order valence-electron chi connectivity index (χ3n) is 5.60. The van der Waals surface area contributed by atoms with Crippen molar-refractivity contribution < 1.29 is 5.11 Å². The molecule has 4 nitrogen and oxygen atoms in total. The molecule has 2 heterocycles. The van der Waals surface area contributed by atoms with Crippen molar-refractivity contribution in [3.05, 3.63) is 60.2 Å². The second-order valence-corrected chi connectivity index (χ2v) is 7.19. The molecular weight excluding hydrogens is 310 g/mol. The van der Waals surface area contributed by atoms with Gasteiger partial charge in [0.2, 0.25) is 0 Å². The Bertz CT molecular complexity index is 673. The van der Waals surface area contributed by atoms with Crippen LogP contribution in [0.2, 0.25) is 0 Å². The van der Waals surface area contributed by atoms with Gasteiger partial charge in [-0.3, -0.25) is 5.43 Å². The van der Waals surface area contributed by atoms with Gasteiger partial charge in [0.15, 0.2) is 0 Å². The molecule has 0 bridgehead atoms. The lowest BCUT2D eigenvalue weighted by molar-refractivity contribution is 0.143. The van der Waals surface area contributed by atoms with Crippen LogP contribution in [-0.2, 0) is 0 Å². The molecule has 0 aromatic heterocycles. The first-order valence-corrected chi connectivity index (χ1v) is 9.35. The zero-order valence-electron chi connectivity index (χ0n) is 14.6. The minimum atomic E-state index is 0.283. The van der Waals surface area contributed by atoms with Gasteiger partial charge in [0, 0.05) is 31.7 Å². The Hall–Kier alpha value is -1.72. The number of aliphatic hydroxyl groups is 1. The third kappa shape index (κ3) is 3.62. The van der Waals surface area contributed by atoms with Crippen molar-refractivity contribution in [3.63, 3.8) is 0 Å². The summed E-state index contributed by atoms with van der Waals surface area (Å²) in [4.78, 5) is 2.50. The Labute approximate surface area is 149 Å². The van der Waals surface area contributed by atoms with Crippen LogP contribution in [0.4, 0.5) is 0 Å². The van der Waals surface area contributed by atoms with Crippen molar-refractivity contribution in [2.45, 2.75) is 24.9 Å². The van der Waals surface area contributed by atoms with Gasteiger partial charge >= 0.3 is 0 Å². The topological polar surface area (TPSA) is 47.5 Å². The summed E-state index contributed by atoms with van der Waals surface area (Å²) in [5.74, 6) is 0.579. The molecule has 3 unspecified atom stereocenters. The first-order valence-electron chi connectivity index (χ1n) is 9.35. The maximum atomic E-state index is 9.08. The van der Waals surface area contributed by atoms with Gasteiger partial charge in [-0.1, -0.05) is 54.6 Å². The number of benzene rings is 2. The van der Waals surface area contributed by atoms with Crippen molar-refractivity contribution in [1.82, 2.24) is 15.8 Å². The second-order valence-electron chi connectivity index (χ2n) is 7.19. The highest BCUT2D eigenvalue weighted by Gasteiger charge is 2.40. The van der Waals surface area contributed by atoms with E-state index in [0.717, 1.165) is 26.1 Å². The van der Waals surface area contributed by atoms with Gasteiger partial charge < -0.3 is 10.0 Å². The van der Waals surface area contributed by atoms with E-state index in [1.165, 1.54) is 23.1 Å². The number of piperidine rings is 1. The fourth-order valence-corrected chi connectivity index (χ4v) is 4.21. The van der Waals surface area contributed by atoms with E-state index >= 15 is 0 Å². The Morgan fingerprint density at radius 3 is 2.48 bits per heavy atom. The van der Waals surface area contributed by atoms with Gasteiger partial charge in [-0.05, 0) is 36.1 Å². The van der Waals surface area contributed by atoms with Gasteiger partial charge in [0.05, 0.1) is 6.04 Å².